The van der Waals surface area contributed by atoms with Crippen LogP contribution in [0.1, 0.15) is 11.1 Å². The van der Waals surface area contributed by atoms with Crippen molar-refractivity contribution in [2.24, 2.45) is 5.73 Å². The molecule has 0 unspecified atom stereocenters. The molecule has 94 valence electrons. The molecule has 2 N–H and O–H groups in total. The molecular formula is C14H13ClFNS. The second kappa shape index (κ2) is 6.23. The summed E-state index contributed by atoms with van der Waals surface area (Å²) < 4.78 is 13.7. The van der Waals surface area contributed by atoms with E-state index < -0.39 is 0 Å². The summed E-state index contributed by atoms with van der Waals surface area (Å²) in [7, 11) is 0. The standard InChI is InChI=1S/C14H13ClFNS/c15-12-4-1-10(2-5-12)9-18-14-6-3-11(8-17)7-13(14)16/h1-7H,8-9,17H2. The fourth-order valence-corrected chi connectivity index (χ4v) is 2.53. The smallest absolute Gasteiger partial charge is 0.137 e. The molecule has 0 radical (unpaired) electrons. The van der Waals surface area contributed by atoms with E-state index in [0.717, 1.165) is 16.9 Å². The van der Waals surface area contributed by atoms with Gasteiger partial charge in [0.05, 0.1) is 0 Å². The molecule has 0 aromatic heterocycles. The van der Waals surface area contributed by atoms with Gasteiger partial charge in [0, 0.05) is 22.2 Å². The molecule has 0 spiro atoms. The molecule has 0 bridgehead atoms. The highest BCUT2D eigenvalue weighted by Crippen LogP contribution is 2.26. The Hall–Kier alpha value is -1.03. The van der Waals surface area contributed by atoms with Crippen LogP contribution >= 0.6 is 23.4 Å². The predicted molar refractivity (Wildman–Crippen MR) is 75.3 cm³/mol. The molecule has 2 rings (SSSR count). The van der Waals surface area contributed by atoms with Crippen molar-refractivity contribution in [2.75, 3.05) is 0 Å². The van der Waals surface area contributed by atoms with Gasteiger partial charge < -0.3 is 5.73 Å². The molecule has 4 heteroatoms. The molecule has 0 aliphatic carbocycles. The average Bonchev–Trinajstić information content (AvgIpc) is 2.39. The van der Waals surface area contributed by atoms with E-state index in [1.807, 2.05) is 30.3 Å². The lowest BCUT2D eigenvalue weighted by Gasteiger charge is -2.05. The Balaban J connectivity index is 2.04. The van der Waals surface area contributed by atoms with Gasteiger partial charge in [-0.3, -0.25) is 0 Å². The third-order valence-corrected chi connectivity index (χ3v) is 3.91. The van der Waals surface area contributed by atoms with Crippen LogP contribution in [-0.2, 0) is 12.3 Å². The van der Waals surface area contributed by atoms with Gasteiger partial charge in [0.2, 0.25) is 0 Å². The highest BCUT2D eigenvalue weighted by molar-refractivity contribution is 7.98. The average molecular weight is 282 g/mol. The lowest BCUT2D eigenvalue weighted by molar-refractivity contribution is 0.599. The minimum Gasteiger partial charge on any atom is -0.326 e. The maximum atomic E-state index is 13.7. The number of hydrogen-bond acceptors (Lipinski definition) is 2. The Morgan fingerprint density at radius 1 is 1.06 bits per heavy atom. The van der Waals surface area contributed by atoms with Crippen molar-refractivity contribution < 1.29 is 4.39 Å². The third kappa shape index (κ3) is 3.48. The summed E-state index contributed by atoms with van der Waals surface area (Å²) >= 11 is 7.28. The van der Waals surface area contributed by atoms with Crippen LogP contribution in [-0.4, -0.2) is 0 Å². The number of nitrogens with two attached hydrogens (primary N) is 1. The first-order valence-corrected chi connectivity index (χ1v) is 6.91. The van der Waals surface area contributed by atoms with Crippen LogP contribution in [0.3, 0.4) is 0 Å². The molecule has 2 aromatic carbocycles. The zero-order chi connectivity index (χ0) is 13.0. The SMILES string of the molecule is NCc1ccc(SCc2ccc(Cl)cc2)c(F)c1. The van der Waals surface area contributed by atoms with E-state index in [9.17, 15) is 4.39 Å². The van der Waals surface area contributed by atoms with Crippen molar-refractivity contribution in [3.63, 3.8) is 0 Å². The Morgan fingerprint density at radius 3 is 2.33 bits per heavy atom. The normalized spacial score (nSPS) is 10.6. The van der Waals surface area contributed by atoms with Gasteiger partial charge in [-0.05, 0) is 35.4 Å². The van der Waals surface area contributed by atoms with Gasteiger partial charge in [0.15, 0.2) is 0 Å². The van der Waals surface area contributed by atoms with Crippen LogP contribution in [0.5, 0.6) is 0 Å². The number of hydrogen-bond donors (Lipinski definition) is 1. The van der Waals surface area contributed by atoms with Crippen molar-refractivity contribution in [1.82, 2.24) is 0 Å². The Kier molecular flexibility index (Phi) is 4.64. The van der Waals surface area contributed by atoms with Gasteiger partial charge in [-0.2, -0.15) is 0 Å². The van der Waals surface area contributed by atoms with Gasteiger partial charge in [-0.15, -0.1) is 11.8 Å². The van der Waals surface area contributed by atoms with Crippen molar-refractivity contribution in [3.05, 3.63) is 64.4 Å². The number of halogens is 2. The van der Waals surface area contributed by atoms with E-state index in [-0.39, 0.29) is 5.82 Å². The van der Waals surface area contributed by atoms with Crippen LogP contribution in [0.25, 0.3) is 0 Å². The fourth-order valence-electron chi connectivity index (χ4n) is 1.53. The largest absolute Gasteiger partial charge is 0.326 e. The summed E-state index contributed by atoms with van der Waals surface area (Å²) in [6.07, 6.45) is 0. The molecule has 0 fully saturated rings. The van der Waals surface area contributed by atoms with Gasteiger partial charge in [-0.1, -0.05) is 29.8 Å². The fraction of sp³-hybridized carbons (Fsp3) is 0.143. The van der Waals surface area contributed by atoms with Crippen molar-refractivity contribution >= 4 is 23.4 Å². The zero-order valence-electron chi connectivity index (χ0n) is 9.70. The lowest BCUT2D eigenvalue weighted by atomic mass is 10.2. The summed E-state index contributed by atoms with van der Waals surface area (Å²) in [6, 6.07) is 12.7. The van der Waals surface area contributed by atoms with Crippen molar-refractivity contribution in [2.45, 2.75) is 17.2 Å². The predicted octanol–water partition coefficient (Wildman–Crippen LogP) is 4.23. The molecular weight excluding hydrogens is 269 g/mol. The summed E-state index contributed by atoms with van der Waals surface area (Å²) in [4.78, 5) is 0.641. The van der Waals surface area contributed by atoms with Gasteiger partial charge in [0.25, 0.3) is 0 Å². The van der Waals surface area contributed by atoms with E-state index in [2.05, 4.69) is 0 Å². The summed E-state index contributed by atoms with van der Waals surface area (Å²) in [6.45, 7) is 0.360. The van der Waals surface area contributed by atoms with Crippen LogP contribution < -0.4 is 5.73 Å². The van der Waals surface area contributed by atoms with Gasteiger partial charge in [-0.25, -0.2) is 4.39 Å². The first-order valence-electron chi connectivity index (χ1n) is 5.55. The monoisotopic (exact) mass is 281 g/mol. The van der Waals surface area contributed by atoms with Gasteiger partial charge in [0.1, 0.15) is 5.82 Å². The summed E-state index contributed by atoms with van der Waals surface area (Å²) in [5.74, 6) is 0.507. The van der Waals surface area contributed by atoms with E-state index >= 15 is 0 Å². The maximum absolute atomic E-state index is 13.7. The van der Waals surface area contributed by atoms with Crippen molar-refractivity contribution in [1.29, 1.82) is 0 Å². The van der Waals surface area contributed by atoms with E-state index in [0.29, 0.717) is 16.5 Å². The Morgan fingerprint density at radius 2 is 1.72 bits per heavy atom. The topological polar surface area (TPSA) is 26.0 Å². The molecule has 2 aromatic rings. The molecule has 0 saturated carbocycles. The molecule has 0 atom stereocenters. The Bertz CT molecular complexity index is 528. The van der Waals surface area contributed by atoms with Gasteiger partial charge >= 0.3 is 0 Å². The molecule has 0 aliphatic rings. The second-order valence-corrected chi connectivity index (χ2v) is 5.34. The van der Waals surface area contributed by atoms with E-state index in [4.69, 9.17) is 17.3 Å². The second-order valence-electron chi connectivity index (χ2n) is 3.88. The minimum atomic E-state index is -0.211. The number of rotatable bonds is 4. The highest BCUT2D eigenvalue weighted by Gasteiger charge is 2.04. The van der Waals surface area contributed by atoms with Crippen LogP contribution in [0.4, 0.5) is 4.39 Å². The first kappa shape index (κ1) is 13.4. The number of benzene rings is 2. The quantitative estimate of drug-likeness (QED) is 0.849. The zero-order valence-corrected chi connectivity index (χ0v) is 11.3. The van der Waals surface area contributed by atoms with Crippen molar-refractivity contribution in [3.8, 4) is 0 Å². The highest BCUT2D eigenvalue weighted by atomic mass is 35.5. The van der Waals surface area contributed by atoms with E-state index in [1.54, 1.807) is 6.07 Å². The molecule has 0 aliphatic heterocycles. The number of thioether (sulfide) groups is 1. The molecule has 0 saturated heterocycles. The van der Waals surface area contributed by atoms with Crippen LogP contribution in [0.2, 0.25) is 5.02 Å². The maximum Gasteiger partial charge on any atom is 0.137 e. The molecule has 0 amide bonds. The van der Waals surface area contributed by atoms with Crippen LogP contribution in [0, 0.1) is 5.82 Å². The van der Waals surface area contributed by atoms with Crippen LogP contribution in [0.15, 0.2) is 47.4 Å². The first-order chi connectivity index (χ1) is 8.69. The molecule has 18 heavy (non-hydrogen) atoms. The van der Waals surface area contributed by atoms with E-state index in [1.165, 1.54) is 17.8 Å². The third-order valence-electron chi connectivity index (χ3n) is 2.54. The summed E-state index contributed by atoms with van der Waals surface area (Å²) in [5, 5.41) is 0.710. The molecule has 0 heterocycles. The summed E-state index contributed by atoms with van der Waals surface area (Å²) in [5.41, 5.74) is 7.39. The Labute approximate surface area is 115 Å². The molecule has 1 nitrogen and oxygen atoms in total. The minimum absolute atomic E-state index is 0.211. The lowest BCUT2D eigenvalue weighted by Crippen LogP contribution is -1.97.